The highest BCUT2D eigenvalue weighted by Gasteiger charge is 2.18. The molecular weight excluding hydrogens is 264 g/mol. The molecule has 1 aromatic carbocycles. The third-order valence-electron chi connectivity index (χ3n) is 4.10. The van der Waals surface area contributed by atoms with Crippen LogP contribution in [0.2, 0.25) is 0 Å². The molecule has 0 amide bonds. The van der Waals surface area contributed by atoms with Gasteiger partial charge >= 0.3 is 0 Å². The lowest BCUT2D eigenvalue weighted by Crippen LogP contribution is -2.47. The average molecular weight is 292 g/mol. The van der Waals surface area contributed by atoms with E-state index in [2.05, 4.69) is 35.9 Å². The van der Waals surface area contributed by atoms with Crippen LogP contribution in [-0.2, 0) is 4.74 Å². The van der Waals surface area contributed by atoms with Gasteiger partial charge in [-0.15, -0.1) is 0 Å². The molecule has 0 radical (unpaired) electrons. The van der Waals surface area contributed by atoms with Gasteiger partial charge in [-0.3, -0.25) is 4.90 Å². The molecule has 1 saturated heterocycles. The molecule has 4 nitrogen and oxygen atoms in total. The normalized spacial score (nSPS) is 20.3. The summed E-state index contributed by atoms with van der Waals surface area (Å²) in [6.07, 6.45) is 0.588. The first-order valence-corrected chi connectivity index (χ1v) is 7.94. The molecule has 1 aromatic rings. The summed E-state index contributed by atoms with van der Waals surface area (Å²) < 4.78 is 5.91. The number of piperazine rings is 1. The van der Waals surface area contributed by atoms with E-state index in [0.29, 0.717) is 13.2 Å². The number of aliphatic hydroxyl groups is 1. The Labute approximate surface area is 128 Å². The van der Waals surface area contributed by atoms with Gasteiger partial charge in [0.25, 0.3) is 0 Å². The van der Waals surface area contributed by atoms with Crippen molar-refractivity contribution in [2.45, 2.75) is 25.6 Å². The molecule has 1 N–H and O–H groups in total. The van der Waals surface area contributed by atoms with Gasteiger partial charge in [-0.05, 0) is 19.0 Å². The van der Waals surface area contributed by atoms with Crippen molar-refractivity contribution in [1.82, 2.24) is 9.80 Å². The van der Waals surface area contributed by atoms with Crippen molar-refractivity contribution in [3.8, 4) is 0 Å². The number of nitrogens with zero attached hydrogens (tertiary/aromatic N) is 2. The van der Waals surface area contributed by atoms with Crippen LogP contribution in [0.25, 0.3) is 0 Å². The Morgan fingerprint density at radius 1 is 1.14 bits per heavy atom. The zero-order chi connectivity index (χ0) is 15.1. The Bertz CT molecular complexity index is 391. The van der Waals surface area contributed by atoms with E-state index in [1.807, 2.05) is 18.2 Å². The second kappa shape index (κ2) is 8.49. The SMILES string of the molecule is CC[C@H](OC[C@H](O)CN1CCN(C)CC1)c1ccccc1. The summed E-state index contributed by atoms with van der Waals surface area (Å²) >= 11 is 0. The third-order valence-corrected chi connectivity index (χ3v) is 4.10. The van der Waals surface area contributed by atoms with E-state index in [0.717, 1.165) is 32.6 Å². The van der Waals surface area contributed by atoms with Gasteiger partial charge in [0.1, 0.15) is 0 Å². The van der Waals surface area contributed by atoms with Gasteiger partial charge in [-0.2, -0.15) is 0 Å². The zero-order valence-electron chi connectivity index (χ0n) is 13.2. The lowest BCUT2D eigenvalue weighted by molar-refractivity contribution is -0.0273. The van der Waals surface area contributed by atoms with Gasteiger partial charge in [0.05, 0.1) is 18.8 Å². The van der Waals surface area contributed by atoms with Crippen molar-refractivity contribution >= 4 is 0 Å². The highest BCUT2D eigenvalue weighted by Crippen LogP contribution is 2.20. The molecule has 1 heterocycles. The molecule has 0 saturated carbocycles. The first kappa shape index (κ1) is 16.4. The first-order valence-electron chi connectivity index (χ1n) is 7.94. The van der Waals surface area contributed by atoms with Crippen LogP contribution in [0.5, 0.6) is 0 Å². The van der Waals surface area contributed by atoms with Gasteiger partial charge in [-0.1, -0.05) is 37.3 Å². The van der Waals surface area contributed by atoms with Crippen molar-refractivity contribution in [2.24, 2.45) is 0 Å². The summed E-state index contributed by atoms with van der Waals surface area (Å²) in [5.74, 6) is 0. The van der Waals surface area contributed by atoms with E-state index in [-0.39, 0.29) is 6.10 Å². The van der Waals surface area contributed by atoms with Crippen LogP contribution < -0.4 is 0 Å². The summed E-state index contributed by atoms with van der Waals surface area (Å²) in [5, 5.41) is 10.2. The number of rotatable bonds is 7. The number of hydrogen-bond acceptors (Lipinski definition) is 4. The highest BCUT2D eigenvalue weighted by molar-refractivity contribution is 5.17. The quantitative estimate of drug-likeness (QED) is 0.831. The fourth-order valence-corrected chi connectivity index (χ4v) is 2.73. The molecule has 2 atom stereocenters. The lowest BCUT2D eigenvalue weighted by atomic mass is 10.1. The Kier molecular flexibility index (Phi) is 6.64. The number of aliphatic hydroxyl groups excluding tert-OH is 1. The number of hydrogen-bond donors (Lipinski definition) is 1. The topological polar surface area (TPSA) is 35.9 Å². The Hall–Kier alpha value is -0.940. The van der Waals surface area contributed by atoms with Crippen LogP contribution in [0.15, 0.2) is 30.3 Å². The number of β-amino-alcohol motifs (C(OH)–C–C–N with tert-alkyl or cyclic N) is 1. The minimum atomic E-state index is -0.411. The molecule has 0 spiro atoms. The molecule has 1 aliphatic rings. The van der Waals surface area contributed by atoms with Gasteiger partial charge in [0.15, 0.2) is 0 Å². The van der Waals surface area contributed by atoms with Crippen molar-refractivity contribution in [2.75, 3.05) is 46.4 Å². The largest absolute Gasteiger partial charge is 0.389 e. The highest BCUT2D eigenvalue weighted by atomic mass is 16.5. The standard InChI is InChI=1S/C17H28N2O2/c1-3-17(15-7-5-4-6-8-15)21-14-16(20)13-19-11-9-18(2)10-12-19/h4-8,16-17,20H,3,9-14H2,1-2H3/t16-,17+/m1/s1. The third kappa shape index (κ3) is 5.40. The molecule has 118 valence electrons. The van der Waals surface area contributed by atoms with Crippen molar-refractivity contribution in [1.29, 1.82) is 0 Å². The van der Waals surface area contributed by atoms with E-state index in [4.69, 9.17) is 4.74 Å². The second-order valence-electron chi connectivity index (χ2n) is 5.90. The molecular formula is C17H28N2O2. The molecule has 0 bridgehead atoms. The maximum atomic E-state index is 10.2. The van der Waals surface area contributed by atoms with E-state index >= 15 is 0 Å². The van der Waals surface area contributed by atoms with E-state index in [1.54, 1.807) is 0 Å². The Morgan fingerprint density at radius 2 is 1.81 bits per heavy atom. The van der Waals surface area contributed by atoms with Gasteiger partial charge in [0, 0.05) is 32.7 Å². The van der Waals surface area contributed by atoms with E-state index in [1.165, 1.54) is 5.56 Å². The van der Waals surface area contributed by atoms with Crippen molar-refractivity contribution < 1.29 is 9.84 Å². The fourth-order valence-electron chi connectivity index (χ4n) is 2.73. The summed E-state index contributed by atoms with van der Waals surface area (Å²) in [7, 11) is 2.14. The molecule has 2 rings (SSSR count). The summed E-state index contributed by atoms with van der Waals surface area (Å²) in [5.41, 5.74) is 1.19. The van der Waals surface area contributed by atoms with E-state index < -0.39 is 6.10 Å². The fraction of sp³-hybridized carbons (Fsp3) is 0.647. The maximum Gasteiger partial charge on any atom is 0.0900 e. The van der Waals surface area contributed by atoms with Crippen LogP contribution in [-0.4, -0.2) is 67.4 Å². The number of likely N-dealkylation sites (N-methyl/N-ethyl adjacent to an activating group) is 1. The monoisotopic (exact) mass is 292 g/mol. The molecule has 4 heteroatoms. The van der Waals surface area contributed by atoms with Crippen LogP contribution in [0.3, 0.4) is 0 Å². The van der Waals surface area contributed by atoms with Gasteiger partial charge < -0.3 is 14.7 Å². The summed E-state index contributed by atoms with van der Waals surface area (Å²) in [6, 6.07) is 10.2. The number of benzene rings is 1. The van der Waals surface area contributed by atoms with Crippen molar-refractivity contribution in [3.63, 3.8) is 0 Å². The van der Waals surface area contributed by atoms with E-state index in [9.17, 15) is 5.11 Å². The van der Waals surface area contributed by atoms with Crippen molar-refractivity contribution in [3.05, 3.63) is 35.9 Å². The van der Waals surface area contributed by atoms with Crippen LogP contribution >= 0.6 is 0 Å². The second-order valence-corrected chi connectivity index (χ2v) is 5.90. The van der Waals surface area contributed by atoms with Crippen LogP contribution in [0.1, 0.15) is 25.0 Å². The Morgan fingerprint density at radius 3 is 2.43 bits per heavy atom. The summed E-state index contributed by atoms with van der Waals surface area (Å²) in [4.78, 5) is 4.64. The maximum absolute atomic E-state index is 10.2. The molecule has 0 aromatic heterocycles. The molecule has 1 aliphatic heterocycles. The lowest BCUT2D eigenvalue weighted by Gasteiger charge is -2.33. The van der Waals surface area contributed by atoms with Crippen LogP contribution in [0.4, 0.5) is 0 Å². The molecule has 1 fully saturated rings. The smallest absolute Gasteiger partial charge is 0.0900 e. The predicted molar refractivity (Wildman–Crippen MR) is 85.4 cm³/mol. The van der Waals surface area contributed by atoms with Crippen LogP contribution in [0, 0.1) is 0 Å². The minimum absolute atomic E-state index is 0.0772. The molecule has 21 heavy (non-hydrogen) atoms. The molecule has 0 unspecified atom stereocenters. The zero-order valence-corrected chi connectivity index (χ0v) is 13.2. The first-order chi connectivity index (χ1) is 10.2. The molecule has 0 aliphatic carbocycles. The minimum Gasteiger partial charge on any atom is -0.389 e. The van der Waals surface area contributed by atoms with Gasteiger partial charge in [0.2, 0.25) is 0 Å². The predicted octanol–water partition coefficient (Wildman–Crippen LogP) is 1.76. The number of ether oxygens (including phenoxy) is 1. The Balaban J connectivity index is 1.73. The average Bonchev–Trinajstić information content (AvgIpc) is 2.51. The van der Waals surface area contributed by atoms with Gasteiger partial charge in [-0.25, -0.2) is 0 Å². The summed E-state index contributed by atoms with van der Waals surface area (Å²) in [6.45, 7) is 7.45.